The SMILES string of the molecule is CC(C)(C)OC(=O)CCC(C(N)=O)N1Cc2c(ccc3c2OCC32CCN(C(=O)O)CC2(F)F)C1=O. The van der Waals surface area contributed by atoms with Crippen molar-refractivity contribution in [2.75, 3.05) is 19.7 Å². The molecule has 12 heteroatoms. The number of nitrogens with two attached hydrogens (primary N) is 1. The first-order valence-corrected chi connectivity index (χ1v) is 11.6. The van der Waals surface area contributed by atoms with Crippen molar-refractivity contribution < 1.29 is 42.5 Å². The largest absolute Gasteiger partial charge is 0.492 e. The quantitative estimate of drug-likeness (QED) is 0.581. The maximum Gasteiger partial charge on any atom is 0.407 e. The van der Waals surface area contributed by atoms with E-state index in [1.165, 1.54) is 17.0 Å². The Morgan fingerprint density at radius 3 is 2.56 bits per heavy atom. The molecule has 0 radical (unpaired) electrons. The van der Waals surface area contributed by atoms with E-state index in [9.17, 15) is 19.2 Å². The highest BCUT2D eigenvalue weighted by atomic mass is 19.3. The maximum absolute atomic E-state index is 15.3. The van der Waals surface area contributed by atoms with Gasteiger partial charge in [-0.25, -0.2) is 13.6 Å². The Balaban J connectivity index is 1.59. The van der Waals surface area contributed by atoms with Crippen LogP contribution >= 0.6 is 0 Å². The molecule has 2 unspecified atom stereocenters. The van der Waals surface area contributed by atoms with Gasteiger partial charge in [-0.3, -0.25) is 14.4 Å². The van der Waals surface area contributed by atoms with Crippen molar-refractivity contribution in [3.05, 3.63) is 28.8 Å². The second-order valence-electron chi connectivity index (χ2n) is 10.5. The average Bonchev–Trinajstić information content (AvgIpc) is 3.28. The summed E-state index contributed by atoms with van der Waals surface area (Å²) in [4.78, 5) is 50.7. The molecule has 1 aromatic rings. The summed E-state index contributed by atoms with van der Waals surface area (Å²) < 4.78 is 41.6. The standard InChI is InChI=1S/C24H29F2N3O7/c1-22(2,3)36-17(30)7-6-16(19(27)31)29-10-14-13(20(29)32)4-5-15-18(14)35-12-23(15)8-9-28(21(33)34)11-24(23,25)26/h4-5,16H,6-12H2,1-3H3,(H2,27,31)(H,33,34). The normalized spacial score (nSPS) is 23.2. The van der Waals surface area contributed by atoms with Crippen molar-refractivity contribution in [1.82, 2.24) is 9.80 Å². The first kappa shape index (κ1) is 25.6. The Labute approximate surface area is 206 Å². The molecule has 0 aromatic heterocycles. The van der Waals surface area contributed by atoms with Crippen LogP contribution < -0.4 is 10.5 Å². The van der Waals surface area contributed by atoms with E-state index in [0.29, 0.717) is 10.5 Å². The van der Waals surface area contributed by atoms with E-state index in [1.807, 2.05) is 0 Å². The van der Waals surface area contributed by atoms with Crippen LogP contribution in [0.5, 0.6) is 5.75 Å². The molecule has 36 heavy (non-hydrogen) atoms. The Morgan fingerprint density at radius 2 is 1.97 bits per heavy atom. The van der Waals surface area contributed by atoms with Gasteiger partial charge in [-0.2, -0.15) is 0 Å². The number of benzene rings is 1. The van der Waals surface area contributed by atoms with Gasteiger partial charge in [-0.1, -0.05) is 6.07 Å². The molecule has 1 fully saturated rings. The number of nitrogens with zero attached hydrogens (tertiary/aromatic N) is 2. The van der Waals surface area contributed by atoms with Crippen molar-refractivity contribution >= 4 is 23.9 Å². The van der Waals surface area contributed by atoms with Gasteiger partial charge in [0.05, 0.1) is 18.5 Å². The number of carbonyl (C=O) groups is 4. The fourth-order valence-electron chi connectivity index (χ4n) is 5.20. The number of primary amides is 1. The molecular formula is C24H29F2N3O7. The molecule has 1 saturated heterocycles. The molecule has 1 spiro atoms. The van der Waals surface area contributed by atoms with Crippen LogP contribution in [-0.2, 0) is 26.3 Å². The fraction of sp³-hybridized carbons (Fsp3) is 0.583. The number of fused-ring (bicyclic) bond motifs is 4. The number of carboxylic acid groups (broad SMARTS) is 1. The van der Waals surface area contributed by atoms with Gasteiger partial charge in [0, 0.05) is 29.7 Å². The number of likely N-dealkylation sites (tertiary alicyclic amines) is 1. The van der Waals surface area contributed by atoms with Gasteiger partial charge < -0.3 is 30.1 Å². The summed E-state index contributed by atoms with van der Waals surface area (Å²) in [7, 11) is 0. The number of piperidine rings is 1. The lowest BCUT2D eigenvalue weighted by atomic mass is 9.71. The number of carbonyl (C=O) groups excluding carboxylic acids is 3. The van der Waals surface area contributed by atoms with Crippen LogP contribution in [0.2, 0.25) is 0 Å². The van der Waals surface area contributed by atoms with Gasteiger partial charge in [0.15, 0.2) is 0 Å². The van der Waals surface area contributed by atoms with E-state index >= 15 is 8.78 Å². The zero-order chi connectivity index (χ0) is 26.6. The zero-order valence-corrected chi connectivity index (χ0v) is 20.3. The van der Waals surface area contributed by atoms with Gasteiger partial charge in [0.1, 0.15) is 24.0 Å². The van der Waals surface area contributed by atoms with Crippen molar-refractivity contribution in [3.8, 4) is 5.75 Å². The third-order valence-corrected chi connectivity index (χ3v) is 6.97. The van der Waals surface area contributed by atoms with Crippen LogP contribution in [0.4, 0.5) is 13.6 Å². The number of hydrogen-bond acceptors (Lipinski definition) is 6. The molecule has 0 aliphatic carbocycles. The topological polar surface area (TPSA) is 139 Å². The molecule has 0 bridgehead atoms. The Morgan fingerprint density at radius 1 is 1.28 bits per heavy atom. The molecule has 3 aliphatic heterocycles. The summed E-state index contributed by atoms with van der Waals surface area (Å²) in [5.41, 5.74) is 3.92. The smallest absolute Gasteiger partial charge is 0.407 e. The van der Waals surface area contributed by atoms with Crippen LogP contribution in [0, 0.1) is 0 Å². The molecule has 2 atom stereocenters. The van der Waals surface area contributed by atoms with E-state index < -0.39 is 53.4 Å². The van der Waals surface area contributed by atoms with E-state index in [4.69, 9.17) is 20.3 Å². The summed E-state index contributed by atoms with van der Waals surface area (Å²) >= 11 is 0. The van der Waals surface area contributed by atoms with Gasteiger partial charge in [-0.15, -0.1) is 0 Å². The molecule has 3 heterocycles. The van der Waals surface area contributed by atoms with E-state index in [0.717, 1.165) is 0 Å². The summed E-state index contributed by atoms with van der Waals surface area (Å²) in [6, 6.07) is 1.74. The third-order valence-electron chi connectivity index (χ3n) is 6.97. The number of alkyl halides is 2. The predicted molar refractivity (Wildman–Crippen MR) is 121 cm³/mol. The van der Waals surface area contributed by atoms with Crippen molar-refractivity contribution in [2.24, 2.45) is 5.73 Å². The minimum atomic E-state index is -3.39. The number of rotatable bonds is 5. The lowest BCUT2D eigenvalue weighted by Crippen LogP contribution is -2.60. The second-order valence-corrected chi connectivity index (χ2v) is 10.5. The van der Waals surface area contributed by atoms with E-state index in [-0.39, 0.29) is 55.8 Å². The zero-order valence-electron chi connectivity index (χ0n) is 20.3. The minimum absolute atomic E-state index is 0.0555. The van der Waals surface area contributed by atoms with E-state index in [2.05, 4.69) is 0 Å². The maximum atomic E-state index is 15.3. The summed E-state index contributed by atoms with van der Waals surface area (Å²) in [5, 5.41) is 9.16. The number of esters is 1. The monoisotopic (exact) mass is 509 g/mol. The number of halogens is 2. The number of ether oxygens (including phenoxy) is 2. The summed E-state index contributed by atoms with van der Waals surface area (Å²) in [5.74, 6) is -5.10. The van der Waals surface area contributed by atoms with Crippen LogP contribution in [0.25, 0.3) is 0 Å². The molecule has 3 aliphatic rings. The Bertz CT molecular complexity index is 1130. The Hall–Kier alpha value is -3.44. The third kappa shape index (κ3) is 4.22. The first-order valence-electron chi connectivity index (χ1n) is 11.6. The lowest BCUT2D eigenvalue weighted by Gasteiger charge is -2.43. The average molecular weight is 510 g/mol. The van der Waals surface area contributed by atoms with Crippen molar-refractivity contribution in [3.63, 3.8) is 0 Å². The molecular weight excluding hydrogens is 480 g/mol. The van der Waals surface area contributed by atoms with Gasteiger partial charge in [-0.05, 0) is 39.7 Å². The molecule has 3 amide bonds. The van der Waals surface area contributed by atoms with Crippen LogP contribution in [0.1, 0.15) is 61.5 Å². The lowest BCUT2D eigenvalue weighted by molar-refractivity contribution is -0.155. The van der Waals surface area contributed by atoms with Crippen LogP contribution in [-0.4, -0.2) is 76.0 Å². The highest BCUT2D eigenvalue weighted by molar-refractivity contribution is 6.02. The van der Waals surface area contributed by atoms with Crippen molar-refractivity contribution in [2.45, 2.75) is 69.6 Å². The van der Waals surface area contributed by atoms with Crippen molar-refractivity contribution in [1.29, 1.82) is 0 Å². The van der Waals surface area contributed by atoms with Gasteiger partial charge >= 0.3 is 12.1 Å². The molecule has 3 N–H and O–H groups in total. The van der Waals surface area contributed by atoms with Crippen LogP contribution in [0.15, 0.2) is 12.1 Å². The summed E-state index contributed by atoms with van der Waals surface area (Å²) in [6.45, 7) is 3.64. The highest BCUT2D eigenvalue weighted by Gasteiger charge is 2.63. The molecule has 4 rings (SSSR count). The van der Waals surface area contributed by atoms with Crippen LogP contribution in [0.3, 0.4) is 0 Å². The number of hydrogen-bond donors (Lipinski definition) is 2. The van der Waals surface area contributed by atoms with E-state index in [1.54, 1.807) is 20.8 Å². The summed E-state index contributed by atoms with van der Waals surface area (Å²) in [6.07, 6.45) is -1.76. The minimum Gasteiger partial charge on any atom is -0.492 e. The van der Waals surface area contributed by atoms with Gasteiger partial charge in [0.2, 0.25) is 5.91 Å². The second kappa shape index (κ2) is 8.59. The number of amides is 3. The van der Waals surface area contributed by atoms with Gasteiger partial charge in [0.25, 0.3) is 11.8 Å². The Kier molecular flexibility index (Phi) is 6.12. The molecule has 196 valence electrons. The fourth-order valence-corrected chi connectivity index (χ4v) is 5.20. The molecule has 10 nitrogen and oxygen atoms in total. The molecule has 1 aromatic carbocycles. The highest BCUT2D eigenvalue weighted by Crippen LogP contribution is 2.55. The predicted octanol–water partition coefficient (Wildman–Crippen LogP) is 2.27. The molecule has 0 saturated carbocycles. The first-order chi connectivity index (χ1) is 16.7.